The molecule has 0 atom stereocenters. The van der Waals surface area contributed by atoms with Crippen LogP contribution in [0.1, 0.15) is 25.7 Å². The van der Waals surface area contributed by atoms with Gasteiger partial charge >= 0.3 is 0 Å². The van der Waals surface area contributed by atoms with Crippen LogP contribution in [-0.2, 0) is 0 Å². The molecule has 2 rings (SSSR count). The van der Waals surface area contributed by atoms with Crippen LogP contribution in [-0.4, -0.2) is 11.3 Å². The van der Waals surface area contributed by atoms with Crippen LogP contribution in [0.2, 0.25) is 5.02 Å². The van der Waals surface area contributed by atoms with Crippen molar-refractivity contribution in [2.75, 3.05) is 5.73 Å². The van der Waals surface area contributed by atoms with Crippen LogP contribution in [0, 0.1) is 0 Å². The fourth-order valence-electron chi connectivity index (χ4n) is 2.00. The van der Waals surface area contributed by atoms with E-state index in [1.807, 2.05) is 30.0 Å². The lowest BCUT2D eigenvalue weighted by Gasteiger charge is -2.25. The van der Waals surface area contributed by atoms with Crippen molar-refractivity contribution in [2.45, 2.75) is 41.9 Å². The molecule has 16 heavy (non-hydrogen) atoms. The maximum absolute atomic E-state index is 6.15. The summed E-state index contributed by atoms with van der Waals surface area (Å²) < 4.78 is 0. The number of anilines is 1. The highest BCUT2D eigenvalue weighted by atomic mass is 35.5. The fourth-order valence-corrected chi connectivity index (χ4v) is 3.51. The van der Waals surface area contributed by atoms with E-state index in [1.165, 1.54) is 12.8 Å². The molecule has 4 heteroatoms. The van der Waals surface area contributed by atoms with Crippen LogP contribution < -0.4 is 11.5 Å². The van der Waals surface area contributed by atoms with E-state index in [-0.39, 0.29) is 0 Å². The van der Waals surface area contributed by atoms with E-state index < -0.39 is 0 Å². The van der Waals surface area contributed by atoms with Crippen LogP contribution in [0.25, 0.3) is 0 Å². The molecule has 0 radical (unpaired) electrons. The van der Waals surface area contributed by atoms with Crippen molar-refractivity contribution in [1.82, 2.24) is 0 Å². The molecule has 1 saturated carbocycles. The molecule has 0 heterocycles. The Kier molecular flexibility index (Phi) is 4.00. The molecule has 1 fully saturated rings. The molecular formula is C12H17ClN2S. The van der Waals surface area contributed by atoms with Crippen molar-refractivity contribution >= 4 is 29.1 Å². The quantitative estimate of drug-likeness (QED) is 0.799. The summed E-state index contributed by atoms with van der Waals surface area (Å²) in [6.45, 7) is 0. The van der Waals surface area contributed by atoms with E-state index in [1.54, 1.807) is 0 Å². The smallest absolute Gasteiger partial charge is 0.0562 e. The van der Waals surface area contributed by atoms with Crippen LogP contribution in [0.3, 0.4) is 0 Å². The molecule has 0 aromatic heterocycles. The highest BCUT2D eigenvalue weighted by Crippen LogP contribution is 2.37. The topological polar surface area (TPSA) is 52.0 Å². The summed E-state index contributed by atoms with van der Waals surface area (Å²) in [5.74, 6) is 0. The number of hydrogen-bond acceptors (Lipinski definition) is 3. The normalized spacial score (nSPS) is 25.6. The first-order valence-corrected chi connectivity index (χ1v) is 6.88. The first-order valence-electron chi connectivity index (χ1n) is 5.62. The molecule has 1 aliphatic carbocycles. The molecule has 0 amide bonds. The van der Waals surface area contributed by atoms with Gasteiger partial charge in [0.2, 0.25) is 0 Å². The Bertz CT molecular complexity index is 362. The van der Waals surface area contributed by atoms with Crippen LogP contribution in [0.15, 0.2) is 23.1 Å². The van der Waals surface area contributed by atoms with Crippen molar-refractivity contribution in [3.63, 3.8) is 0 Å². The molecule has 1 aromatic carbocycles. The summed E-state index contributed by atoms with van der Waals surface area (Å²) in [6.07, 6.45) is 4.63. The predicted molar refractivity (Wildman–Crippen MR) is 72.0 cm³/mol. The monoisotopic (exact) mass is 256 g/mol. The molecule has 4 N–H and O–H groups in total. The second kappa shape index (κ2) is 5.30. The number of thioether (sulfide) groups is 1. The van der Waals surface area contributed by atoms with Gasteiger partial charge in [0, 0.05) is 21.9 Å². The van der Waals surface area contributed by atoms with Crippen LogP contribution >= 0.6 is 23.4 Å². The summed E-state index contributed by atoms with van der Waals surface area (Å²) >= 11 is 8.01. The first kappa shape index (κ1) is 12.1. The average molecular weight is 257 g/mol. The lowest BCUT2D eigenvalue weighted by molar-refractivity contribution is 0.451. The van der Waals surface area contributed by atoms with E-state index in [2.05, 4.69) is 0 Å². The Hall–Kier alpha value is -0.380. The van der Waals surface area contributed by atoms with Gasteiger partial charge in [0.05, 0.1) is 5.02 Å². The minimum absolute atomic E-state index is 0.402. The van der Waals surface area contributed by atoms with Crippen LogP contribution in [0.5, 0.6) is 0 Å². The zero-order valence-electron chi connectivity index (χ0n) is 9.16. The number of nitrogens with two attached hydrogens (primary N) is 2. The van der Waals surface area contributed by atoms with Crippen molar-refractivity contribution in [2.24, 2.45) is 5.73 Å². The molecule has 0 saturated heterocycles. The van der Waals surface area contributed by atoms with E-state index in [0.717, 1.165) is 28.4 Å². The number of rotatable bonds is 2. The largest absolute Gasteiger partial charge is 0.399 e. The number of benzene rings is 1. The number of hydrogen-bond donors (Lipinski definition) is 2. The minimum Gasteiger partial charge on any atom is -0.399 e. The van der Waals surface area contributed by atoms with Crippen molar-refractivity contribution in [3.05, 3.63) is 23.2 Å². The van der Waals surface area contributed by atoms with Crippen molar-refractivity contribution in [1.29, 1.82) is 0 Å². The predicted octanol–water partition coefficient (Wildman–Crippen LogP) is 3.28. The zero-order chi connectivity index (χ0) is 11.5. The SMILES string of the molecule is Nc1ccc(SC2CCC(N)CC2)c(Cl)c1. The second-order valence-electron chi connectivity index (χ2n) is 4.34. The first-order chi connectivity index (χ1) is 7.65. The van der Waals surface area contributed by atoms with Crippen molar-refractivity contribution < 1.29 is 0 Å². The van der Waals surface area contributed by atoms with Gasteiger partial charge in [0.15, 0.2) is 0 Å². The lowest BCUT2D eigenvalue weighted by Crippen LogP contribution is -2.27. The maximum Gasteiger partial charge on any atom is 0.0562 e. The molecule has 1 aromatic rings. The van der Waals surface area contributed by atoms with Gasteiger partial charge in [-0.15, -0.1) is 11.8 Å². The van der Waals surface area contributed by atoms with Gasteiger partial charge < -0.3 is 11.5 Å². The molecule has 88 valence electrons. The molecule has 1 aliphatic rings. The number of halogens is 1. The van der Waals surface area contributed by atoms with Gasteiger partial charge in [-0.1, -0.05) is 11.6 Å². The highest BCUT2D eigenvalue weighted by Gasteiger charge is 2.20. The minimum atomic E-state index is 0.402. The van der Waals surface area contributed by atoms with Crippen molar-refractivity contribution in [3.8, 4) is 0 Å². The molecule has 0 aliphatic heterocycles. The van der Waals surface area contributed by atoms with Gasteiger partial charge in [-0.05, 0) is 43.9 Å². The summed E-state index contributed by atoms with van der Waals surface area (Å²) in [7, 11) is 0. The summed E-state index contributed by atoms with van der Waals surface area (Å²) in [6, 6.07) is 6.14. The Morgan fingerprint density at radius 2 is 1.88 bits per heavy atom. The summed E-state index contributed by atoms with van der Waals surface area (Å²) in [4.78, 5) is 1.14. The van der Waals surface area contributed by atoms with Crippen LogP contribution in [0.4, 0.5) is 5.69 Å². The molecule has 0 unspecified atom stereocenters. The Balaban J connectivity index is 1.98. The standard InChI is InChI=1S/C12H17ClN2S/c13-11-7-9(15)3-6-12(11)16-10-4-1-8(14)2-5-10/h3,6-8,10H,1-2,4-5,14-15H2. The third kappa shape index (κ3) is 3.06. The average Bonchev–Trinajstić information content (AvgIpc) is 2.25. The second-order valence-corrected chi connectivity index (χ2v) is 6.09. The zero-order valence-corrected chi connectivity index (χ0v) is 10.7. The Labute approximate surface area is 106 Å². The summed E-state index contributed by atoms with van der Waals surface area (Å²) in [5.41, 5.74) is 12.3. The lowest BCUT2D eigenvalue weighted by atomic mass is 9.96. The van der Waals surface area contributed by atoms with Gasteiger partial charge in [0.1, 0.15) is 0 Å². The van der Waals surface area contributed by atoms with Gasteiger partial charge in [-0.25, -0.2) is 0 Å². The van der Waals surface area contributed by atoms with Gasteiger partial charge in [-0.3, -0.25) is 0 Å². The third-order valence-corrected chi connectivity index (χ3v) is 4.81. The van der Waals surface area contributed by atoms with Gasteiger partial charge in [-0.2, -0.15) is 0 Å². The van der Waals surface area contributed by atoms with Gasteiger partial charge in [0.25, 0.3) is 0 Å². The molecular weight excluding hydrogens is 240 g/mol. The Morgan fingerprint density at radius 1 is 1.19 bits per heavy atom. The maximum atomic E-state index is 6.15. The molecule has 0 bridgehead atoms. The third-order valence-electron chi connectivity index (χ3n) is 2.97. The number of nitrogen functional groups attached to an aromatic ring is 1. The van der Waals surface area contributed by atoms with E-state index in [9.17, 15) is 0 Å². The van der Waals surface area contributed by atoms with E-state index in [0.29, 0.717) is 11.3 Å². The van der Waals surface area contributed by atoms with E-state index >= 15 is 0 Å². The summed E-state index contributed by atoms with van der Waals surface area (Å²) in [5, 5.41) is 1.42. The molecule has 0 spiro atoms. The highest BCUT2D eigenvalue weighted by molar-refractivity contribution is 8.00. The van der Waals surface area contributed by atoms with E-state index in [4.69, 9.17) is 23.1 Å². The Morgan fingerprint density at radius 3 is 2.50 bits per heavy atom. The molecule has 2 nitrogen and oxygen atoms in total. The fraction of sp³-hybridized carbons (Fsp3) is 0.500.